The lowest BCUT2D eigenvalue weighted by atomic mass is 9.90. The predicted octanol–water partition coefficient (Wildman–Crippen LogP) is 4.35. The smallest absolute Gasteiger partial charge is 0.0483 e. The van der Waals surface area contributed by atoms with Crippen LogP contribution in [0.2, 0.25) is 5.02 Å². The molecule has 0 heterocycles. The highest BCUT2D eigenvalue weighted by molar-refractivity contribution is 6.32. The molecule has 0 fully saturated rings. The normalized spacial score (nSPS) is 14.8. The fourth-order valence-corrected chi connectivity index (χ4v) is 2.52. The second-order valence-corrected chi connectivity index (χ2v) is 4.89. The zero-order valence-corrected chi connectivity index (χ0v) is 11.4. The third kappa shape index (κ3) is 2.99. The van der Waals surface area contributed by atoms with Gasteiger partial charge in [0, 0.05) is 11.1 Å². The molecule has 90 valence electrons. The van der Waals surface area contributed by atoms with Gasteiger partial charge in [-0.15, -0.1) is 0 Å². The predicted molar refractivity (Wildman–Crippen MR) is 72.1 cm³/mol. The summed E-state index contributed by atoms with van der Waals surface area (Å²) in [5.74, 6) is 0.606. The number of aryl methyl sites for hydroxylation is 1. The van der Waals surface area contributed by atoms with E-state index in [2.05, 4.69) is 44.3 Å². The molecular formula is C14H22ClN. The monoisotopic (exact) mass is 239 g/mol. The van der Waals surface area contributed by atoms with Crippen molar-refractivity contribution in [1.29, 1.82) is 0 Å². The molecule has 0 aliphatic heterocycles. The molecule has 0 radical (unpaired) electrons. The van der Waals surface area contributed by atoms with Gasteiger partial charge < -0.3 is 5.32 Å². The van der Waals surface area contributed by atoms with E-state index >= 15 is 0 Å². The van der Waals surface area contributed by atoms with Gasteiger partial charge in [-0.3, -0.25) is 0 Å². The Morgan fingerprint density at radius 3 is 2.62 bits per heavy atom. The van der Waals surface area contributed by atoms with Gasteiger partial charge in [-0.25, -0.2) is 0 Å². The third-order valence-electron chi connectivity index (χ3n) is 3.18. The summed E-state index contributed by atoms with van der Waals surface area (Å²) in [5.41, 5.74) is 2.38. The summed E-state index contributed by atoms with van der Waals surface area (Å²) in [4.78, 5) is 0. The fourth-order valence-electron chi connectivity index (χ4n) is 2.28. The Balaban J connectivity index is 2.99. The first-order chi connectivity index (χ1) is 7.61. The van der Waals surface area contributed by atoms with Gasteiger partial charge >= 0.3 is 0 Å². The van der Waals surface area contributed by atoms with Crippen molar-refractivity contribution in [3.8, 4) is 0 Å². The largest absolute Gasteiger partial charge is 0.313 e. The Labute approximate surface area is 104 Å². The first-order valence-electron chi connectivity index (χ1n) is 6.04. The summed E-state index contributed by atoms with van der Waals surface area (Å²) in [5, 5.41) is 4.29. The molecule has 2 atom stereocenters. The second kappa shape index (κ2) is 6.27. The molecule has 0 aliphatic carbocycles. The van der Waals surface area contributed by atoms with Gasteiger partial charge in [0.1, 0.15) is 0 Å². The van der Waals surface area contributed by atoms with Crippen molar-refractivity contribution in [2.75, 3.05) is 7.05 Å². The summed E-state index contributed by atoms with van der Waals surface area (Å²) < 4.78 is 0. The molecule has 0 aliphatic rings. The first-order valence-corrected chi connectivity index (χ1v) is 6.41. The zero-order valence-electron chi connectivity index (χ0n) is 10.7. The number of benzene rings is 1. The van der Waals surface area contributed by atoms with Crippen LogP contribution in [0.3, 0.4) is 0 Å². The second-order valence-electron chi connectivity index (χ2n) is 4.51. The van der Waals surface area contributed by atoms with Crippen molar-refractivity contribution < 1.29 is 0 Å². The van der Waals surface area contributed by atoms with E-state index in [1.807, 2.05) is 7.05 Å². The Kier molecular flexibility index (Phi) is 5.30. The summed E-state index contributed by atoms with van der Waals surface area (Å²) in [7, 11) is 2.01. The summed E-state index contributed by atoms with van der Waals surface area (Å²) in [6.45, 7) is 6.56. The van der Waals surface area contributed by atoms with E-state index in [9.17, 15) is 0 Å². The molecule has 1 nitrogen and oxygen atoms in total. The van der Waals surface area contributed by atoms with E-state index in [0.717, 1.165) is 10.6 Å². The fraction of sp³-hybridized carbons (Fsp3) is 0.571. The van der Waals surface area contributed by atoms with Crippen LogP contribution in [0.25, 0.3) is 0 Å². The van der Waals surface area contributed by atoms with Gasteiger partial charge in [0.2, 0.25) is 0 Å². The average molecular weight is 240 g/mol. The Morgan fingerprint density at radius 1 is 1.38 bits per heavy atom. The maximum absolute atomic E-state index is 6.37. The molecule has 0 amide bonds. The number of hydrogen-bond acceptors (Lipinski definition) is 1. The Morgan fingerprint density at radius 2 is 2.06 bits per heavy atom. The van der Waals surface area contributed by atoms with Crippen LogP contribution < -0.4 is 5.32 Å². The van der Waals surface area contributed by atoms with E-state index in [1.54, 1.807) is 0 Å². The number of rotatable bonds is 5. The summed E-state index contributed by atoms with van der Waals surface area (Å²) >= 11 is 6.37. The van der Waals surface area contributed by atoms with Gasteiger partial charge in [-0.1, -0.05) is 50.1 Å². The minimum Gasteiger partial charge on any atom is -0.313 e. The van der Waals surface area contributed by atoms with Gasteiger partial charge in [0.05, 0.1) is 0 Å². The number of hydrogen-bond donors (Lipinski definition) is 1. The van der Waals surface area contributed by atoms with Crippen LogP contribution >= 0.6 is 11.6 Å². The van der Waals surface area contributed by atoms with Crippen molar-refractivity contribution in [2.45, 2.75) is 39.7 Å². The first kappa shape index (κ1) is 13.5. The summed E-state index contributed by atoms with van der Waals surface area (Å²) in [6, 6.07) is 6.62. The van der Waals surface area contributed by atoms with E-state index in [0.29, 0.717) is 12.0 Å². The molecule has 2 heteroatoms. The van der Waals surface area contributed by atoms with E-state index < -0.39 is 0 Å². The van der Waals surface area contributed by atoms with Gasteiger partial charge in [0.25, 0.3) is 0 Å². The van der Waals surface area contributed by atoms with Crippen molar-refractivity contribution in [3.05, 3.63) is 34.3 Å². The van der Waals surface area contributed by atoms with Crippen LogP contribution in [0.5, 0.6) is 0 Å². The SMILES string of the molecule is CCCC(C)C(NC)c1cccc(C)c1Cl. The van der Waals surface area contributed by atoms with Gasteiger partial charge in [-0.2, -0.15) is 0 Å². The van der Waals surface area contributed by atoms with Crippen LogP contribution in [-0.2, 0) is 0 Å². The van der Waals surface area contributed by atoms with E-state index in [1.165, 1.54) is 18.4 Å². The van der Waals surface area contributed by atoms with Crippen LogP contribution in [0.1, 0.15) is 43.9 Å². The molecule has 0 aromatic heterocycles. The molecule has 1 aromatic rings. The van der Waals surface area contributed by atoms with Crippen LogP contribution in [0, 0.1) is 12.8 Å². The summed E-state index contributed by atoms with van der Waals surface area (Å²) in [6.07, 6.45) is 2.43. The maximum atomic E-state index is 6.37. The maximum Gasteiger partial charge on any atom is 0.0483 e. The molecule has 16 heavy (non-hydrogen) atoms. The third-order valence-corrected chi connectivity index (χ3v) is 3.70. The quantitative estimate of drug-likeness (QED) is 0.806. The topological polar surface area (TPSA) is 12.0 Å². The van der Waals surface area contributed by atoms with Crippen LogP contribution in [-0.4, -0.2) is 7.05 Å². The molecule has 1 aromatic carbocycles. The minimum atomic E-state index is 0.354. The highest BCUT2D eigenvalue weighted by Gasteiger charge is 2.19. The van der Waals surface area contributed by atoms with E-state index in [4.69, 9.17) is 11.6 Å². The lowest BCUT2D eigenvalue weighted by Gasteiger charge is -2.25. The van der Waals surface area contributed by atoms with Gasteiger partial charge in [-0.05, 0) is 37.4 Å². The zero-order chi connectivity index (χ0) is 12.1. The highest BCUT2D eigenvalue weighted by Crippen LogP contribution is 2.32. The molecule has 0 bridgehead atoms. The van der Waals surface area contributed by atoms with Crippen molar-refractivity contribution in [1.82, 2.24) is 5.32 Å². The van der Waals surface area contributed by atoms with Crippen molar-refractivity contribution in [3.63, 3.8) is 0 Å². The molecular weight excluding hydrogens is 218 g/mol. The molecule has 0 saturated carbocycles. The molecule has 0 saturated heterocycles. The minimum absolute atomic E-state index is 0.354. The van der Waals surface area contributed by atoms with Gasteiger partial charge in [0.15, 0.2) is 0 Å². The lowest BCUT2D eigenvalue weighted by Crippen LogP contribution is -2.23. The number of halogens is 1. The Hall–Kier alpha value is -0.530. The van der Waals surface area contributed by atoms with Crippen molar-refractivity contribution >= 4 is 11.6 Å². The average Bonchev–Trinajstić information content (AvgIpc) is 2.25. The van der Waals surface area contributed by atoms with Crippen molar-refractivity contribution in [2.24, 2.45) is 5.92 Å². The highest BCUT2D eigenvalue weighted by atomic mass is 35.5. The lowest BCUT2D eigenvalue weighted by molar-refractivity contribution is 0.384. The molecule has 0 spiro atoms. The number of nitrogens with one attached hydrogen (secondary N) is 1. The Bertz CT molecular complexity index is 336. The molecule has 2 unspecified atom stereocenters. The van der Waals surface area contributed by atoms with Crippen LogP contribution in [0.15, 0.2) is 18.2 Å². The van der Waals surface area contributed by atoms with E-state index in [-0.39, 0.29) is 0 Å². The van der Waals surface area contributed by atoms with Crippen LogP contribution in [0.4, 0.5) is 0 Å². The standard InChI is InChI=1S/C14H22ClN/c1-5-7-11(3)14(16-4)12-9-6-8-10(2)13(12)15/h6,8-9,11,14,16H,5,7H2,1-4H3. The molecule has 1 N–H and O–H groups in total. The molecule has 1 rings (SSSR count).